The number of esters is 1. The van der Waals surface area contributed by atoms with Crippen molar-refractivity contribution in [3.63, 3.8) is 0 Å². The van der Waals surface area contributed by atoms with Gasteiger partial charge in [0.25, 0.3) is 11.8 Å². The molecule has 0 bridgehead atoms. The van der Waals surface area contributed by atoms with Crippen molar-refractivity contribution in [3.8, 4) is 0 Å². The second-order valence-electron chi connectivity index (χ2n) is 6.72. The number of rotatable bonds is 8. The number of amides is 4. The Morgan fingerprint density at radius 1 is 1.03 bits per heavy atom. The fraction of sp³-hybridized carbons (Fsp3) is 0.238. The maximum atomic E-state index is 12.6. The first-order valence-corrected chi connectivity index (χ1v) is 9.38. The fourth-order valence-corrected chi connectivity index (χ4v) is 3.08. The van der Waals surface area contributed by atoms with Crippen LogP contribution in [0.25, 0.3) is 0 Å². The van der Waals surface area contributed by atoms with E-state index in [9.17, 15) is 24.0 Å². The lowest BCUT2D eigenvalue weighted by Crippen LogP contribution is -2.51. The summed E-state index contributed by atoms with van der Waals surface area (Å²) in [5.41, 5.74) is 1.17. The summed E-state index contributed by atoms with van der Waals surface area (Å²) in [5, 5.41) is 4.93. The smallest absolute Gasteiger partial charge is 0.325 e. The van der Waals surface area contributed by atoms with Gasteiger partial charge in [-0.3, -0.25) is 33.9 Å². The molecule has 0 aliphatic carbocycles. The van der Waals surface area contributed by atoms with Crippen LogP contribution in [0.4, 0.5) is 0 Å². The molecule has 4 amide bonds. The number of methoxy groups -OCH3 is 1. The first kappa shape index (κ1) is 21.6. The van der Waals surface area contributed by atoms with E-state index in [0.29, 0.717) is 5.56 Å². The second kappa shape index (κ2) is 9.61. The molecule has 1 aromatic heterocycles. The molecule has 1 aromatic carbocycles. The molecule has 0 saturated carbocycles. The number of carbonyl (C=O) groups excluding carboxylic acids is 5. The average molecular weight is 424 g/mol. The molecule has 0 fully saturated rings. The quantitative estimate of drug-likeness (QED) is 0.439. The van der Waals surface area contributed by atoms with Crippen molar-refractivity contribution in [1.29, 1.82) is 0 Å². The van der Waals surface area contributed by atoms with Gasteiger partial charge in [-0.25, -0.2) is 0 Å². The van der Waals surface area contributed by atoms with E-state index in [2.05, 4.69) is 20.4 Å². The first-order chi connectivity index (χ1) is 14.9. The van der Waals surface area contributed by atoms with Gasteiger partial charge in [0.05, 0.1) is 18.2 Å². The number of ether oxygens (including phenoxy) is 1. The van der Waals surface area contributed by atoms with E-state index in [1.165, 1.54) is 19.2 Å². The van der Waals surface area contributed by atoms with E-state index in [0.717, 1.165) is 4.90 Å². The lowest BCUT2D eigenvalue weighted by Gasteiger charge is -2.20. The molecule has 31 heavy (non-hydrogen) atoms. The number of benzene rings is 1. The number of imide groups is 1. The van der Waals surface area contributed by atoms with Gasteiger partial charge < -0.3 is 15.4 Å². The summed E-state index contributed by atoms with van der Waals surface area (Å²) in [6.45, 7) is -0.903. The monoisotopic (exact) mass is 424 g/mol. The van der Waals surface area contributed by atoms with Crippen LogP contribution in [-0.4, -0.2) is 65.7 Å². The molecule has 1 aliphatic rings. The van der Waals surface area contributed by atoms with Crippen LogP contribution in [-0.2, 0) is 25.5 Å². The van der Waals surface area contributed by atoms with E-state index in [4.69, 9.17) is 0 Å². The van der Waals surface area contributed by atoms with Gasteiger partial charge in [0.2, 0.25) is 11.8 Å². The van der Waals surface area contributed by atoms with E-state index in [1.54, 1.807) is 36.7 Å². The molecule has 3 rings (SSSR count). The molecule has 1 aliphatic heterocycles. The Morgan fingerprint density at radius 2 is 1.65 bits per heavy atom. The Labute approximate surface area is 177 Å². The van der Waals surface area contributed by atoms with Crippen LogP contribution in [0.1, 0.15) is 26.3 Å². The average Bonchev–Trinajstić information content (AvgIpc) is 3.02. The summed E-state index contributed by atoms with van der Waals surface area (Å²) in [5.74, 6) is -3.10. The maximum absolute atomic E-state index is 12.6. The number of hydrogen-bond donors (Lipinski definition) is 2. The van der Waals surface area contributed by atoms with Gasteiger partial charge in [0.15, 0.2) is 0 Å². The van der Waals surface area contributed by atoms with E-state index in [-0.39, 0.29) is 24.1 Å². The Balaban J connectivity index is 1.69. The summed E-state index contributed by atoms with van der Waals surface area (Å²) < 4.78 is 4.49. The van der Waals surface area contributed by atoms with E-state index in [1.807, 2.05) is 0 Å². The molecule has 10 heteroatoms. The Hall–Kier alpha value is -4.08. The molecule has 0 radical (unpaired) electrons. The third kappa shape index (κ3) is 5.10. The maximum Gasteiger partial charge on any atom is 0.325 e. The van der Waals surface area contributed by atoms with Gasteiger partial charge in [-0.1, -0.05) is 12.1 Å². The molecule has 2 N–H and O–H groups in total. The molecule has 0 unspecified atom stereocenters. The van der Waals surface area contributed by atoms with E-state index >= 15 is 0 Å². The number of nitrogens with one attached hydrogen (secondary N) is 2. The highest BCUT2D eigenvalue weighted by atomic mass is 16.5. The molecule has 10 nitrogen and oxygen atoms in total. The fourth-order valence-electron chi connectivity index (χ4n) is 3.08. The van der Waals surface area contributed by atoms with Crippen LogP contribution in [0.3, 0.4) is 0 Å². The Bertz CT molecular complexity index is 989. The number of hydrogen-bond acceptors (Lipinski definition) is 7. The first-order valence-electron chi connectivity index (χ1n) is 9.38. The lowest BCUT2D eigenvalue weighted by atomic mass is 10.1. The predicted molar refractivity (Wildman–Crippen MR) is 107 cm³/mol. The molecule has 0 saturated heterocycles. The normalized spacial score (nSPS) is 13.4. The van der Waals surface area contributed by atoms with Gasteiger partial charge in [0.1, 0.15) is 19.1 Å². The van der Waals surface area contributed by atoms with Crippen molar-refractivity contribution >= 4 is 29.6 Å². The molecule has 2 aromatic rings. The van der Waals surface area contributed by atoms with Gasteiger partial charge in [-0.15, -0.1) is 0 Å². The molecule has 0 spiro atoms. The van der Waals surface area contributed by atoms with Crippen LogP contribution in [0, 0.1) is 0 Å². The predicted octanol–water partition coefficient (Wildman–Crippen LogP) is -0.306. The Morgan fingerprint density at radius 3 is 2.23 bits per heavy atom. The lowest BCUT2D eigenvalue weighted by molar-refractivity contribution is -0.141. The zero-order chi connectivity index (χ0) is 22.4. The highest BCUT2D eigenvalue weighted by molar-refractivity contribution is 6.22. The Kier molecular flexibility index (Phi) is 6.71. The van der Waals surface area contributed by atoms with Crippen LogP contribution in [0.5, 0.6) is 0 Å². The van der Waals surface area contributed by atoms with Crippen LogP contribution in [0.15, 0.2) is 48.8 Å². The second-order valence-corrected chi connectivity index (χ2v) is 6.72. The molecular formula is C21H20N4O6. The molecule has 1 atom stereocenters. The van der Waals surface area contributed by atoms with Crippen molar-refractivity contribution in [2.45, 2.75) is 12.5 Å². The van der Waals surface area contributed by atoms with Crippen LogP contribution >= 0.6 is 0 Å². The number of pyridine rings is 1. The summed E-state index contributed by atoms with van der Waals surface area (Å²) in [6, 6.07) is 8.59. The van der Waals surface area contributed by atoms with Crippen LogP contribution < -0.4 is 10.6 Å². The van der Waals surface area contributed by atoms with Crippen molar-refractivity contribution < 1.29 is 28.7 Å². The highest BCUT2D eigenvalue weighted by Crippen LogP contribution is 2.21. The van der Waals surface area contributed by atoms with Crippen LogP contribution in [0.2, 0.25) is 0 Å². The minimum absolute atomic E-state index is 0.114. The third-order valence-corrected chi connectivity index (χ3v) is 4.66. The third-order valence-electron chi connectivity index (χ3n) is 4.66. The van der Waals surface area contributed by atoms with Crippen molar-refractivity contribution in [3.05, 3.63) is 65.5 Å². The summed E-state index contributed by atoms with van der Waals surface area (Å²) >= 11 is 0. The number of carbonyl (C=O) groups is 5. The van der Waals surface area contributed by atoms with Gasteiger partial charge in [0, 0.05) is 18.8 Å². The SMILES string of the molecule is COC(=O)CNC(=O)[C@H](Cc1ccncc1)NC(=O)CN1C(=O)c2ccccc2C1=O. The number of fused-ring (bicyclic) bond motifs is 1. The van der Waals surface area contributed by atoms with Crippen molar-refractivity contribution in [1.82, 2.24) is 20.5 Å². The standard InChI is InChI=1S/C21H20N4O6/c1-31-18(27)11-23-19(28)16(10-13-6-8-22-9-7-13)24-17(26)12-25-20(29)14-4-2-3-5-15(14)21(25)30/h2-9,16H,10-12H2,1H3,(H,23,28)(H,24,26)/t16-/m0/s1. The number of aromatic nitrogens is 1. The van der Waals surface area contributed by atoms with Gasteiger partial charge in [-0.2, -0.15) is 0 Å². The van der Waals surface area contributed by atoms with Gasteiger partial charge >= 0.3 is 5.97 Å². The van der Waals surface area contributed by atoms with Crippen molar-refractivity contribution in [2.24, 2.45) is 0 Å². The summed E-state index contributed by atoms with van der Waals surface area (Å²) in [7, 11) is 1.19. The zero-order valence-corrected chi connectivity index (χ0v) is 16.7. The molecule has 160 valence electrons. The van der Waals surface area contributed by atoms with Gasteiger partial charge in [-0.05, 0) is 29.8 Å². The largest absolute Gasteiger partial charge is 0.468 e. The summed E-state index contributed by atoms with van der Waals surface area (Å²) in [4.78, 5) is 66.1. The minimum Gasteiger partial charge on any atom is -0.468 e. The van der Waals surface area contributed by atoms with E-state index < -0.39 is 42.2 Å². The number of nitrogens with zero attached hydrogens (tertiary/aromatic N) is 2. The topological polar surface area (TPSA) is 135 Å². The molecular weight excluding hydrogens is 404 g/mol. The highest BCUT2D eigenvalue weighted by Gasteiger charge is 2.36. The molecule has 2 heterocycles. The minimum atomic E-state index is -1.05. The van der Waals surface area contributed by atoms with Crippen molar-refractivity contribution in [2.75, 3.05) is 20.2 Å². The zero-order valence-electron chi connectivity index (χ0n) is 16.7. The summed E-state index contributed by atoms with van der Waals surface area (Å²) in [6.07, 6.45) is 3.20.